The molecule has 0 aliphatic carbocycles. The van der Waals surface area contributed by atoms with Gasteiger partial charge in [-0.3, -0.25) is 4.79 Å². The minimum absolute atomic E-state index is 0.267. The molecule has 0 radical (unpaired) electrons. The van der Waals surface area contributed by atoms with Gasteiger partial charge >= 0.3 is 0 Å². The zero-order valence-electron chi connectivity index (χ0n) is 9.00. The molecule has 5 heteroatoms. The van der Waals surface area contributed by atoms with Crippen LogP contribution in [0.2, 0.25) is 0 Å². The van der Waals surface area contributed by atoms with Crippen molar-refractivity contribution >= 4 is 6.29 Å². The maximum absolute atomic E-state index is 10.8. The number of aromatic nitrogens is 2. The molecule has 2 heterocycles. The number of carbonyl (C=O) groups excluding carboxylic acids is 1. The molecule has 17 heavy (non-hydrogen) atoms. The van der Waals surface area contributed by atoms with Crippen molar-refractivity contribution in [2.75, 3.05) is 6.79 Å². The molecule has 0 spiro atoms. The Hall–Kier alpha value is -2.30. The van der Waals surface area contributed by atoms with Gasteiger partial charge in [0.15, 0.2) is 17.8 Å². The SMILES string of the molecule is O=Cc1cncn1Cc1ccc2c(c1)OCO2. The van der Waals surface area contributed by atoms with E-state index in [2.05, 4.69) is 4.98 Å². The Morgan fingerprint density at radius 3 is 3.12 bits per heavy atom. The number of nitrogens with zero attached hydrogens (tertiary/aromatic N) is 2. The molecule has 0 unspecified atom stereocenters. The lowest BCUT2D eigenvalue weighted by Gasteiger charge is -2.05. The van der Waals surface area contributed by atoms with Crippen LogP contribution in [0, 0.1) is 0 Å². The number of hydrogen-bond acceptors (Lipinski definition) is 4. The normalized spacial score (nSPS) is 12.7. The summed E-state index contributed by atoms with van der Waals surface area (Å²) in [6, 6.07) is 5.73. The van der Waals surface area contributed by atoms with E-state index >= 15 is 0 Å². The fraction of sp³-hybridized carbons (Fsp3) is 0.167. The van der Waals surface area contributed by atoms with Gasteiger partial charge in [-0.05, 0) is 17.7 Å². The summed E-state index contributed by atoms with van der Waals surface area (Å²) >= 11 is 0. The van der Waals surface area contributed by atoms with E-state index in [-0.39, 0.29) is 6.79 Å². The first-order valence-corrected chi connectivity index (χ1v) is 5.20. The number of aldehydes is 1. The second-order valence-electron chi connectivity index (χ2n) is 3.75. The molecule has 0 saturated carbocycles. The molecular weight excluding hydrogens is 220 g/mol. The second kappa shape index (κ2) is 3.93. The van der Waals surface area contributed by atoms with Crippen LogP contribution < -0.4 is 9.47 Å². The maximum atomic E-state index is 10.8. The van der Waals surface area contributed by atoms with Crippen molar-refractivity contribution in [1.29, 1.82) is 0 Å². The van der Waals surface area contributed by atoms with Crippen molar-refractivity contribution in [3.8, 4) is 11.5 Å². The number of fused-ring (bicyclic) bond motifs is 1. The van der Waals surface area contributed by atoms with Gasteiger partial charge in [-0.25, -0.2) is 4.98 Å². The van der Waals surface area contributed by atoms with Crippen molar-refractivity contribution in [1.82, 2.24) is 9.55 Å². The van der Waals surface area contributed by atoms with E-state index in [0.717, 1.165) is 23.3 Å². The smallest absolute Gasteiger partial charge is 0.231 e. The Morgan fingerprint density at radius 2 is 2.24 bits per heavy atom. The first kappa shape index (κ1) is 9.89. The highest BCUT2D eigenvalue weighted by atomic mass is 16.7. The van der Waals surface area contributed by atoms with Crippen molar-refractivity contribution in [3.63, 3.8) is 0 Å². The van der Waals surface area contributed by atoms with Crippen LogP contribution in [0.1, 0.15) is 16.1 Å². The molecule has 0 fully saturated rings. The quantitative estimate of drug-likeness (QED) is 0.749. The third-order valence-corrected chi connectivity index (χ3v) is 2.66. The van der Waals surface area contributed by atoms with Crippen LogP contribution in [-0.4, -0.2) is 22.6 Å². The van der Waals surface area contributed by atoms with E-state index in [0.29, 0.717) is 12.2 Å². The molecule has 1 aromatic heterocycles. The topological polar surface area (TPSA) is 53.4 Å². The fourth-order valence-corrected chi connectivity index (χ4v) is 1.80. The summed E-state index contributed by atoms with van der Waals surface area (Å²) in [6.45, 7) is 0.855. The first-order valence-electron chi connectivity index (χ1n) is 5.20. The monoisotopic (exact) mass is 230 g/mol. The number of benzene rings is 1. The Balaban J connectivity index is 1.88. The van der Waals surface area contributed by atoms with E-state index in [1.54, 1.807) is 17.1 Å². The summed E-state index contributed by atoms with van der Waals surface area (Å²) < 4.78 is 12.3. The highest BCUT2D eigenvalue weighted by Gasteiger charge is 2.13. The van der Waals surface area contributed by atoms with Gasteiger partial charge in [0, 0.05) is 6.54 Å². The van der Waals surface area contributed by atoms with Crippen LogP contribution in [0.15, 0.2) is 30.7 Å². The molecule has 3 rings (SSSR count). The third kappa shape index (κ3) is 1.75. The summed E-state index contributed by atoms with van der Waals surface area (Å²) in [7, 11) is 0. The minimum Gasteiger partial charge on any atom is -0.454 e. The number of imidazole rings is 1. The molecule has 2 aromatic rings. The number of rotatable bonds is 3. The van der Waals surface area contributed by atoms with E-state index in [1.165, 1.54) is 0 Å². The molecule has 86 valence electrons. The molecule has 0 bridgehead atoms. The Morgan fingerprint density at radius 1 is 1.35 bits per heavy atom. The molecule has 0 saturated heterocycles. The van der Waals surface area contributed by atoms with E-state index < -0.39 is 0 Å². The lowest BCUT2D eigenvalue weighted by molar-refractivity contribution is 0.111. The Kier molecular flexibility index (Phi) is 2.29. The van der Waals surface area contributed by atoms with Gasteiger partial charge in [-0.15, -0.1) is 0 Å². The fourth-order valence-electron chi connectivity index (χ4n) is 1.80. The first-order chi connectivity index (χ1) is 8.36. The molecule has 1 aliphatic rings. The summed E-state index contributed by atoms with van der Waals surface area (Å²) in [4.78, 5) is 14.7. The van der Waals surface area contributed by atoms with Crippen LogP contribution in [0.4, 0.5) is 0 Å². The van der Waals surface area contributed by atoms with Crippen LogP contribution in [0.5, 0.6) is 11.5 Å². The van der Waals surface area contributed by atoms with Gasteiger partial charge in [0.2, 0.25) is 6.79 Å². The maximum Gasteiger partial charge on any atom is 0.231 e. The van der Waals surface area contributed by atoms with E-state index in [1.807, 2.05) is 18.2 Å². The molecule has 0 N–H and O–H groups in total. The average Bonchev–Trinajstić information content (AvgIpc) is 2.96. The highest BCUT2D eigenvalue weighted by Crippen LogP contribution is 2.32. The van der Waals surface area contributed by atoms with Gasteiger partial charge in [-0.2, -0.15) is 0 Å². The molecule has 1 aliphatic heterocycles. The summed E-state index contributed by atoms with van der Waals surface area (Å²) in [5, 5.41) is 0. The van der Waals surface area contributed by atoms with Crippen molar-refractivity contribution in [2.45, 2.75) is 6.54 Å². The van der Waals surface area contributed by atoms with Gasteiger partial charge < -0.3 is 14.0 Å². The number of hydrogen-bond donors (Lipinski definition) is 0. The predicted molar refractivity (Wildman–Crippen MR) is 59.3 cm³/mol. The molecular formula is C12H10N2O3. The molecule has 5 nitrogen and oxygen atoms in total. The van der Waals surface area contributed by atoms with Gasteiger partial charge in [0.05, 0.1) is 12.5 Å². The summed E-state index contributed by atoms with van der Waals surface area (Å²) in [6.07, 6.45) is 3.97. The van der Waals surface area contributed by atoms with Gasteiger partial charge in [0.25, 0.3) is 0 Å². The standard InChI is InChI=1S/C12H10N2O3/c15-6-10-4-13-7-14(10)5-9-1-2-11-12(3-9)17-8-16-11/h1-4,6-7H,5,8H2. The van der Waals surface area contributed by atoms with Crippen molar-refractivity contribution in [3.05, 3.63) is 42.0 Å². The lowest BCUT2D eigenvalue weighted by atomic mass is 10.2. The van der Waals surface area contributed by atoms with Gasteiger partial charge in [0.1, 0.15) is 5.69 Å². The number of ether oxygens (including phenoxy) is 2. The highest BCUT2D eigenvalue weighted by molar-refractivity contribution is 5.71. The van der Waals surface area contributed by atoms with Crippen LogP contribution in [-0.2, 0) is 6.54 Å². The Labute approximate surface area is 97.6 Å². The predicted octanol–water partition coefficient (Wildman–Crippen LogP) is 1.47. The minimum atomic E-state index is 0.267. The zero-order valence-corrected chi connectivity index (χ0v) is 9.00. The van der Waals surface area contributed by atoms with Crippen molar-refractivity contribution in [2.24, 2.45) is 0 Å². The summed E-state index contributed by atoms with van der Waals surface area (Å²) in [5.41, 5.74) is 1.60. The average molecular weight is 230 g/mol. The molecule has 1 aromatic carbocycles. The second-order valence-corrected chi connectivity index (χ2v) is 3.75. The van der Waals surface area contributed by atoms with Crippen LogP contribution in [0.3, 0.4) is 0 Å². The number of carbonyl (C=O) groups is 1. The van der Waals surface area contributed by atoms with Crippen LogP contribution >= 0.6 is 0 Å². The zero-order chi connectivity index (χ0) is 11.7. The Bertz CT molecular complexity index is 563. The van der Waals surface area contributed by atoms with E-state index in [9.17, 15) is 4.79 Å². The molecule has 0 amide bonds. The lowest BCUT2D eigenvalue weighted by Crippen LogP contribution is -2.02. The largest absolute Gasteiger partial charge is 0.454 e. The molecule has 0 atom stereocenters. The third-order valence-electron chi connectivity index (χ3n) is 2.66. The van der Waals surface area contributed by atoms with Crippen molar-refractivity contribution < 1.29 is 14.3 Å². The summed E-state index contributed by atoms with van der Waals surface area (Å²) in [5.74, 6) is 1.50. The van der Waals surface area contributed by atoms with Crippen LogP contribution in [0.25, 0.3) is 0 Å². The van der Waals surface area contributed by atoms with E-state index in [4.69, 9.17) is 9.47 Å². The van der Waals surface area contributed by atoms with Gasteiger partial charge in [-0.1, -0.05) is 6.07 Å².